The van der Waals surface area contributed by atoms with Crippen molar-refractivity contribution in [3.05, 3.63) is 0 Å². The van der Waals surface area contributed by atoms with E-state index >= 15 is 0 Å². The molecule has 1 atom stereocenters. The van der Waals surface area contributed by atoms with Gasteiger partial charge in [-0.3, -0.25) is 0 Å². The Labute approximate surface area is 211 Å². The summed E-state index contributed by atoms with van der Waals surface area (Å²) in [6.07, 6.45) is 19.0. The van der Waals surface area contributed by atoms with E-state index in [-0.39, 0.29) is 11.4 Å². The number of unbranched alkanes of at least 4 members (excludes halogenated alkanes) is 14. The molecular weight excluding hydrogens is 426 g/mol. The highest BCUT2D eigenvalue weighted by Gasteiger charge is 2.34. The third kappa shape index (κ3) is 20.1. The maximum absolute atomic E-state index is 12.6. The lowest BCUT2D eigenvalue weighted by Gasteiger charge is -2.29. The molecule has 0 spiro atoms. The number of carbonyl (C=O) groups excluding carboxylic acids is 2. The molecule has 0 rings (SSSR count). The maximum Gasteiger partial charge on any atom is 0.407 e. The molecule has 5 heteroatoms. The molecule has 34 heavy (non-hydrogen) atoms. The summed E-state index contributed by atoms with van der Waals surface area (Å²) in [7, 11) is 0. The zero-order valence-electron chi connectivity index (χ0n) is 23.7. The summed E-state index contributed by atoms with van der Waals surface area (Å²) in [5.41, 5.74) is -0.574. The van der Waals surface area contributed by atoms with E-state index in [4.69, 9.17) is 9.47 Å². The lowest BCUT2D eigenvalue weighted by molar-refractivity contribution is -0.149. The number of ether oxygens (including phenoxy) is 2. The molecule has 1 unspecified atom stereocenters. The van der Waals surface area contributed by atoms with Gasteiger partial charge in [0.2, 0.25) is 0 Å². The van der Waals surface area contributed by atoms with Crippen LogP contribution in [0.4, 0.5) is 4.79 Å². The second-order valence-electron chi connectivity index (χ2n) is 12.2. The van der Waals surface area contributed by atoms with Crippen molar-refractivity contribution in [2.24, 2.45) is 10.8 Å². The van der Waals surface area contributed by atoms with Gasteiger partial charge in [0.25, 0.3) is 0 Å². The molecule has 0 aliphatic carbocycles. The van der Waals surface area contributed by atoms with Crippen LogP contribution in [0.2, 0.25) is 0 Å². The van der Waals surface area contributed by atoms with Gasteiger partial charge >= 0.3 is 12.1 Å². The second kappa shape index (κ2) is 19.0. The molecule has 0 heterocycles. The summed E-state index contributed by atoms with van der Waals surface area (Å²) < 4.78 is 10.7. The van der Waals surface area contributed by atoms with Crippen LogP contribution in [0.1, 0.15) is 145 Å². The standard InChI is InChI=1S/C29H57NO4/c1-8-9-10-11-12-13-14-15-16-17-18-19-20-21-22-23-33-26(31)25(29(5,6)7)30-27(32)34-24-28(2,3)4/h25H,8-24H2,1-7H3,(H,30,32). The van der Waals surface area contributed by atoms with Crippen LogP contribution in [-0.2, 0) is 14.3 Å². The minimum atomic E-state index is -0.726. The molecule has 5 nitrogen and oxygen atoms in total. The highest BCUT2D eigenvalue weighted by Crippen LogP contribution is 2.21. The van der Waals surface area contributed by atoms with Gasteiger partial charge in [0.1, 0.15) is 6.04 Å². The van der Waals surface area contributed by atoms with Crippen LogP contribution in [0.5, 0.6) is 0 Å². The van der Waals surface area contributed by atoms with Gasteiger partial charge < -0.3 is 14.8 Å². The smallest absolute Gasteiger partial charge is 0.407 e. The number of amides is 1. The van der Waals surface area contributed by atoms with Crippen molar-refractivity contribution in [2.45, 2.75) is 151 Å². The molecule has 0 aliphatic rings. The number of hydrogen-bond acceptors (Lipinski definition) is 4. The summed E-state index contributed by atoms with van der Waals surface area (Å²) in [4.78, 5) is 24.7. The number of alkyl carbamates (subject to hydrolysis) is 1. The fourth-order valence-corrected chi connectivity index (χ4v) is 3.80. The van der Waals surface area contributed by atoms with Gasteiger partial charge in [0.05, 0.1) is 13.2 Å². The highest BCUT2D eigenvalue weighted by molar-refractivity contribution is 5.82. The topological polar surface area (TPSA) is 64.6 Å². The van der Waals surface area contributed by atoms with Crippen LogP contribution < -0.4 is 5.32 Å². The normalized spacial score (nSPS) is 12.9. The Morgan fingerprint density at radius 1 is 0.647 bits per heavy atom. The molecule has 0 radical (unpaired) electrons. The minimum Gasteiger partial charge on any atom is -0.464 e. The van der Waals surface area contributed by atoms with Crippen molar-refractivity contribution in [3.63, 3.8) is 0 Å². The number of hydrogen-bond donors (Lipinski definition) is 1. The SMILES string of the molecule is CCCCCCCCCCCCCCCCCOC(=O)C(NC(=O)OCC(C)(C)C)C(C)(C)C. The minimum absolute atomic E-state index is 0.122. The number of rotatable bonds is 19. The Morgan fingerprint density at radius 3 is 1.44 bits per heavy atom. The van der Waals surface area contributed by atoms with Crippen LogP contribution in [0.3, 0.4) is 0 Å². The van der Waals surface area contributed by atoms with Crippen molar-refractivity contribution >= 4 is 12.1 Å². The van der Waals surface area contributed by atoms with E-state index in [1.165, 1.54) is 83.5 Å². The van der Waals surface area contributed by atoms with E-state index in [2.05, 4.69) is 12.2 Å². The van der Waals surface area contributed by atoms with Gasteiger partial charge in [-0.2, -0.15) is 0 Å². The first-order chi connectivity index (χ1) is 16.0. The largest absolute Gasteiger partial charge is 0.464 e. The second-order valence-corrected chi connectivity index (χ2v) is 12.2. The monoisotopic (exact) mass is 483 g/mol. The first kappa shape index (κ1) is 32.7. The molecule has 0 saturated heterocycles. The fraction of sp³-hybridized carbons (Fsp3) is 0.931. The lowest BCUT2D eigenvalue weighted by Crippen LogP contribution is -2.50. The molecule has 0 aromatic heterocycles. The molecule has 0 aromatic carbocycles. The molecule has 1 N–H and O–H groups in total. The number of nitrogens with one attached hydrogen (secondary N) is 1. The quantitative estimate of drug-likeness (QED) is 0.147. The Kier molecular flexibility index (Phi) is 18.3. The number of carbonyl (C=O) groups is 2. The third-order valence-corrected chi connectivity index (χ3v) is 5.99. The Balaban J connectivity index is 3.81. The van der Waals surface area contributed by atoms with Crippen molar-refractivity contribution in [2.75, 3.05) is 13.2 Å². The van der Waals surface area contributed by atoms with Crippen molar-refractivity contribution < 1.29 is 19.1 Å². The third-order valence-electron chi connectivity index (χ3n) is 5.99. The van der Waals surface area contributed by atoms with Gasteiger partial charge in [-0.05, 0) is 17.3 Å². The molecule has 0 aliphatic heterocycles. The summed E-state index contributed by atoms with van der Waals surface area (Å²) in [6.45, 7) is 14.7. The van der Waals surface area contributed by atoms with Crippen molar-refractivity contribution in [1.82, 2.24) is 5.32 Å². The van der Waals surface area contributed by atoms with Gasteiger partial charge in [-0.25, -0.2) is 9.59 Å². The van der Waals surface area contributed by atoms with Gasteiger partial charge in [-0.15, -0.1) is 0 Å². The Morgan fingerprint density at radius 2 is 1.06 bits per heavy atom. The average molecular weight is 484 g/mol. The Bertz CT molecular complexity index is 519. The van der Waals surface area contributed by atoms with E-state index in [1.807, 2.05) is 41.5 Å². The van der Waals surface area contributed by atoms with Gasteiger partial charge in [0.15, 0.2) is 0 Å². The predicted octanol–water partition coefficient (Wildman–Crippen LogP) is 8.59. The Hall–Kier alpha value is -1.26. The van der Waals surface area contributed by atoms with E-state index in [0.717, 1.165) is 12.8 Å². The van der Waals surface area contributed by atoms with Gasteiger partial charge in [0, 0.05) is 0 Å². The summed E-state index contributed by atoms with van der Waals surface area (Å²) >= 11 is 0. The molecule has 0 bridgehead atoms. The van der Waals surface area contributed by atoms with Crippen LogP contribution in [-0.4, -0.2) is 31.3 Å². The summed E-state index contributed by atoms with van der Waals surface area (Å²) in [6, 6.07) is -0.726. The van der Waals surface area contributed by atoms with E-state index in [1.54, 1.807) is 0 Å². The molecule has 202 valence electrons. The van der Waals surface area contributed by atoms with Crippen LogP contribution >= 0.6 is 0 Å². The predicted molar refractivity (Wildman–Crippen MR) is 143 cm³/mol. The van der Waals surface area contributed by atoms with Crippen LogP contribution in [0, 0.1) is 10.8 Å². The fourth-order valence-electron chi connectivity index (χ4n) is 3.80. The maximum atomic E-state index is 12.6. The molecule has 0 saturated carbocycles. The summed E-state index contributed by atoms with van der Waals surface area (Å²) in [5.74, 6) is -0.384. The molecule has 0 aromatic rings. The molecule has 1 amide bonds. The van der Waals surface area contributed by atoms with Crippen LogP contribution in [0.25, 0.3) is 0 Å². The van der Waals surface area contributed by atoms with E-state index < -0.39 is 17.6 Å². The van der Waals surface area contributed by atoms with Crippen LogP contribution in [0.15, 0.2) is 0 Å². The molecule has 0 fully saturated rings. The summed E-state index contributed by atoms with van der Waals surface area (Å²) in [5, 5.41) is 2.70. The average Bonchev–Trinajstić information content (AvgIpc) is 2.74. The highest BCUT2D eigenvalue weighted by atomic mass is 16.6. The lowest BCUT2D eigenvalue weighted by atomic mass is 9.87. The van der Waals surface area contributed by atoms with Crippen molar-refractivity contribution in [1.29, 1.82) is 0 Å². The first-order valence-electron chi connectivity index (χ1n) is 14.1. The zero-order chi connectivity index (χ0) is 25.9. The zero-order valence-corrected chi connectivity index (χ0v) is 23.7. The number of esters is 1. The van der Waals surface area contributed by atoms with Crippen molar-refractivity contribution in [3.8, 4) is 0 Å². The first-order valence-corrected chi connectivity index (χ1v) is 14.1. The van der Waals surface area contributed by atoms with Gasteiger partial charge in [-0.1, -0.05) is 138 Å². The van der Waals surface area contributed by atoms with E-state index in [9.17, 15) is 9.59 Å². The molecular formula is C29H57NO4. The van der Waals surface area contributed by atoms with E-state index in [0.29, 0.717) is 13.2 Å².